The molecule has 24 heavy (non-hydrogen) atoms. The van der Waals surface area contributed by atoms with Gasteiger partial charge in [-0.1, -0.05) is 0 Å². The van der Waals surface area contributed by atoms with Gasteiger partial charge in [-0.2, -0.15) is 9.29 Å². The lowest BCUT2D eigenvalue weighted by atomic mass is 10.5. The molecule has 1 aromatic heterocycles. The van der Waals surface area contributed by atoms with E-state index in [1.165, 1.54) is 12.3 Å². The van der Waals surface area contributed by atoms with Crippen LogP contribution in [0.5, 0.6) is 0 Å². The third-order valence-corrected chi connectivity index (χ3v) is 6.10. The molecule has 0 saturated carbocycles. The highest BCUT2D eigenvalue weighted by molar-refractivity contribution is 7.68. The molecule has 0 aromatic carbocycles. The zero-order valence-electron chi connectivity index (χ0n) is 11.7. The number of nitrogens with zero attached hydrogens (tertiary/aromatic N) is 2. The summed E-state index contributed by atoms with van der Waals surface area (Å²) in [5.74, 6) is 0.00850. The van der Waals surface area contributed by atoms with Crippen molar-refractivity contribution >= 4 is 29.1 Å². The van der Waals surface area contributed by atoms with Gasteiger partial charge in [0.15, 0.2) is 0 Å². The zero-order chi connectivity index (χ0) is 18.6. The Bertz CT molecular complexity index is 772. The van der Waals surface area contributed by atoms with Crippen molar-refractivity contribution in [2.75, 3.05) is 18.7 Å². The third kappa shape index (κ3) is 8.27. The molecule has 1 aromatic rings. The minimum atomic E-state index is -5.49. The van der Waals surface area contributed by atoms with Gasteiger partial charge in [-0.25, -0.2) is 18.2 Å². The maximum atomic E-state index is 11.5. The topological polar surface area (TPSA) is 221 Å². The van der Waals surface area contributed by atoms with E-state index in [0.717, 1.165) is 4.57 Å². The van der Waals surface area contributed by atoms with E-state index in [2.05, 4.69) is 13.6 Å². The summed E-state index contributed by atoms with van der Waals surface area (Å²) in [5, 5.41) is 0. The Morgan fingerprint density at radius 2 is 1.79 bits per heavy atom. The molecule has 1 rings (SSSR count). The van der Waals surface area contributed by atoms with Crippen molar-refractivity contribution in [1.82, 2.24) is 9.55 Å². The third-order valence-electron chi connectivity index (χ3n) is 2.07. The van der Waals surface area contributed by atoms with Crippen LogP contribution in [0, 0.1) is 0 Å². The second kappa shape index (κ2) is 7.98. The highest BCUT2D eigenvalue weighted by atomic mass is 31.3. The van der Waals surface area contributed by atoms with Crippen molar-refractivity contribution in [2.24, 2.45) is 0 Å². The van der Waals surface area contributed by atoms with Gasteiger partial charge in [0.25, 0.3) is 0 Å². The van der Waals surface area contributed by atoms with Gasteiger partial charge in [-0.15, -0.1) is 0 Å². The second-order valence-corrected chi connectivity index (χ2v) is 8.88. The van der Waals surface area contributed by atoms with E-state index in [1.54, 1.807) is 0 Å². The van der Waals surface area contributed by atoms with Crippen molar-refractivity contribution in [2.45, 2.75) is 6.54 Å². The Labute approximate surface area is 134 Å². The molecule has 2 atom stereocenters. The maximum absolute atomic E-state index is 11.5. The molecule has 0 aliphatic heterocycles. The lowest BCUT2D eigenvalue weighted by molar-refractivity contribution is 0.144. The van der Waals surface area contributed by atoms with E-state index in [1.807, 2.05) is 0 Å². The van der Waals surface area contributed by atoms with Crippen LogP contribution in [-0.4, -0.2) is 42.1 Å². The van der Waals surface area contributed by atoms with Gasteiger partial charge in [-0.3, -0.25) is 9.13 Å². The molecule has 17 heteroatoms. The number of rotatable bonds is 9. The number of ether oxygens (including phenoxy) is 1. The van der Waals surface area contributed by atoms with Crippen molar-refractivity contribution < 1.29 is 46.6 Å². The fraction of sp³-hybridized carbons (Fsp3) is 0.429. The Kier molecular flexibility index (Phi) is 7.03. The standard InChI is InChI=1S/C7H14N3O11P3/c8-6-1-2-10(7(11)9-6)3-4-19-5-22(12,13)20-24(17,18)21-23(14,15)16/h1-2H,3-5H2,(H,12,13)(H,17,18)(H2,8,9,11)(H2,14,15,16). The Morgan fingerprint density at radius 3 is 2.33 bits per heavy atom. The average Bonchev–Trinajstić information content (AvgIpc) is 2.31. The van der Waals surface area contributed by atoms with Gasteiger partial charge < -0.3 is 30.0 Å². The first-order valence-corrected chi connectivity index (χ1v) is 10.6. The molecule has 0 fully saturated rings. The number of hydrogen-bond donors (Lipinski definition) is 5. The van der Waals surface area contributed by atoms with E-state index in [9.17, 15) is 23.4 Å². The van der Waals surface area contributed by atoms with Crippen LogP contribution in [0.3, 0.4) is 0 Å². The number of nitrogen functional groups attached to an aromatic ring is 1. The predicted octanol–water partition coefficient (Wildman–Crippen LogP) is -0.789. The van der Waals surface area contributed by atoms with Gasteiger partial charge in [0.05, 0.1) is 13.2 Å². The monoisotopic (exact) mass is 409 g/mol. The summed E-state index contributed by atoms with van der Waals surface area (Å²) in [5.41, 5.74) is 4.60. The molecule has 0 spiro atoms. The first kappa shape index (κ1) is 21.1. The summed E-state index contributed by atoms with van der Waals surface area (Å²) < 4.78 is 46.0. The summed E-state index contributed by atoms with van der Waals surface area (Å²) in [4.78, 5) is 49.8. The summed E-state index contributed by atoms with van der Waals surface area (Å²) in [6.07, 6.45) is 0.206. The smallest absolute Gasteiger partial charge is 0.383 e. The van der Waals surface area contributed by atoms with Crippen LogP contribution in [-0.2, 0) is 33.6 Å². The zero-order valence-corrected chi connectivity index (χ0v) is 14.4. The molecule has 2 unspecified atom stereocenters. The number of phosphoric acid groups is 2. The van der Waals surface area contributed by atoms with Crippen LogP contribution in [0.2, 0.25) is 0 Å². The Balaban J connectivity index is 2.51. The molecule has 138 valence electrons. The fourth-order valence-corrected chi connectivity index (χ4v) is 4.59. The summed E-state index contributed by atoms with van der Waals surface area (Å²) in [6, 6.07) is 1.34. The highest BCUT2D eigenvalue weighted by Crippen LogP contribution is 2.65. The molecule has 0 radical (unpaired) electrons. The number of aromatic nitrogens is 2. The minimum Gasteiger partial charge on any atom is -0.383 e. The summed E-state index contributed by atoms with van der Waals surface area (Å²) >= 11 is 0. The molecule has 0 aliphatic carbocycles. The quantitative estimate of drug-likeness (QED) is 0.249. The van der Waals surface area contributed by atoms with Crippen LogP contribution in [0.25, 0.3) is 0 Å². The molecular weight excluding hydrogens is 395 g/mol. The van der Waals surface area contributed by atoms with Crippen molar-refractivity contribution in [1.29, 1.82) is 0 Å². The van der Waals surface area contributed by atoms with Crippen molar-refractivity contribution in [3.63, 3.8) is 0 Å². The molecule has 6 N–H and O–H groups in total. The molecular formula is C7H14N3O11P3. The first-order chi connectivity index (χ1) is 10.8. The van der Waals surface area contributed by atoms with Crippen LogP contribution < -0.4 is 11.4 Å². The summed E-state index contributed by atoms with van der Waals surface area (Å²) in [7, 11) is -15.8. The Morgan fingerprint density at radius 1 is 1.17 bits per heavy atom. The molecule has 0 bridgehead atoms. The second-order valence-electron chi connectivity index (χ2n) is 4.13. The van der Waals surface area contributed by atoms with E-state index < -0.39 is 35.3 Å². The molecule has 1 heterocycles. The fourth-order valence-electron chi connectivity index (χ4n) is 1.29. The molecule has 0 amide bonds. The lowest BCUT2D eigenvalue weighted by Gasteiger charge is -2.16. The number of anilines is 1. The van der Waals surface area contributed by atoms with Gasteiger partial charge in [0.1, 0.15) is 12.2 Å². The predicted molar refractivity (Wildman–Crippen MR) is 77.6 cm³/mol. The average molecular weight is 409 g/mol. The van der Waals surface area contributed by atoms with Gasteiger partial charge >= 0.3 is 28.9 Å². The SMILES string of the molecule is Nc1ccn(CCOCP(=O)(O)OP(=O)(O)OP(=O)(O)O)c(=O)n1. The largest absolute Gasteiger partial charge is 0.488 e. The molecule has 0 saturated heterocycles. The minimum absolute atomic E-state index is 0.00850. The van der Waals surface area contributed by atoms with Crippen molar-refractivity contribution in [3.05, 3.63) is 22.7 Å². The van der Waals surface area contributed by atoms with Gasteiger partial charge in [-0.05, 0) is 6.07 Å². The first-order valence-electron chi connectivity index (χ1n) is 5.83. The maximum Gasteiger partial charge on any atom is 0.488 e. The van der Waals surface area contributed by atoms with Crippen LogP contribution >= 0.6 is 23.2 Å². The lowest BCUT2D eigenvalue weighted by Crippen LogP contribution is -2.25. The van der Waals surface area contributed by atoms with E-state index in [-0.39, 0.29) is 19.0 Å². The highest BCUT2D eigenvalue weighted by Gasteiger charge is 2.39. The number of hydrogen-bond acceptors (Lipinski definition) is 9. The molecule has 14 nitrogen and oxygen atoms in total. The van der Waals surface area contributed by atoms with E-state index in [0.29, 0.717) is 0 Å². The number of nitrogens with two attached hydrogens (primary N) is 1. The summed E-state index contributed by atoms with van der Waals surface area (Å²) in [6.45, 7) is -0.365. The van der Waals surface area contributed by atoms with Crippen LogP contribution in [0.15, 0.2) is 17.1 Å². The van der Waals surface area contributed by atoms with E-state index in [4.69, 9.17) is 25.2 Å². The van der Waals surface area contributed by atoms with Gasteiger partial charge in [0, 0.05) is 6.20 Å². The van der Waals surface area contributed by atoms with Crippen LogP contribution in [0.1, 0.15) is 0 Å². The molecule has 0 aliphatic rings. The Hall–Kier alpha value is -0.910. The van der Waals surface area contributed by atoms with Gasteiger partial charge in [0.2, 0.25) is 0 Å². The van der Waals surface area contributed by atoms with Crippen molar-refractivity contribution in [3.8, 4) is 0 Å². The van der Waals surface area contributed by atoms with Crippen LogP contribution in [0.4, 0.5) is 5.82 Å². The van der Waals surface area contributed by atoms with E-state index >= 15 is 0 Å². The normalized spacial score (nSPS) is 17.2.